The largest absolute Gasteiger partial charge is 0.326 e. The predicted molar refractivity (Wildman–Crippen MR) is 57.6 cm³/mol. The first-order chi connectivity index (χ1) is 6.02. The average Bonchev–Trinajstić information content (AvgIpc) is 2.36. The topological polar surface area (TPSA) is 29.3 Å². The van der Waals surface area contributed by atoms with Gasteiger partial charge >= 0.3 is 0 Å². The van der Waals surface area contributed by atoms with Gasteiger partial charge in [-0.25, -0.2) is 0 Å². The number of rotatable bonds is 3. The van der Waals surface area contributed by atoms with Crippen LogP contribution in [0.1, 0.15) is 34.1 Å². The van der Waals surface area contributed by atoms with Crippen molar-refractivity contribution >= 4 is 0 Å². The van der Waals surface area contributed by atoms with Crippen LogP contribution in [0.25, 0.3) is 0 Å². The van der Waals surface area contributed by atoms with E-state index in [1.54, 1.807) is 0 Å². The van der Waals surface area contributed by atoms with Crippen LogP contribution in [0.2, 0.25) is 0 Å². The molecule has 0 aromatic rings. The van der Waals surface area contributed by atoms with Crippen LogP contribution in [0.4, 0.5) is 0 Å². The van der Waals surface area contributed by atoms with E-state index in [4.69, 9.17) is 5.73 Å². The van der Waals surface area contributed by atoms with E-state index in [0.29, 0.717) is 12.0 Å². The molecule has 0 radical (unpaired) electrons. The van der Waals surface area contributed by atoms with E-state index in [0.717, 1.165) is 18.5 Å². The van der Waals surface area contributed by atoms with Crippen LogP contribution in [-0.2, 0) is 0 Å². The third-order valence-electron chi connectivity index (χ3n) is 3.57. The van der Waals surface area contributed by atoms with Crippen LogP contribution >= 0.6 is 0 Å². The van der Waals surface area contributed by atoms with Crippen LogP contribution < -0.4 is 5.73 Å². The van der Waals surface area contributed by atoms with Gasteiger partial charge in [0.1, 0.15) is 0 Å². The van der Waals surface area contributed by atoms with Gasteiger partial charge in [0.2, 0.25) is 0 Å². The molecule has 2 unspecified atom stereocenters. The molecule has 1 saturated heterocycles. The molecular weight excluding hydrogens is 160 g/mol. The number of likely N-dealkylation sites (tertiary alicyclic amines) is 1. The first-order valence-corrected chi connectivity index (χ1v) is 5.52. The second kappa shape index (κ2) is 4.43. The van der Waals surface area contributed by atoms with Crippen LogP contribution in [0.15, 0.2) is 0 Å². The molecule has 1 aliphatic rings. The molecule has 2 heteroatoms. The van der Waals surface area contributed by atoms with Crippen molar-refractivity contribution in [1.82, 2.24) is 4.90 Å². The normalized spacial score (nSPS) is 32.8. The Morgan fingerprint density at radius 1 is 1.38 bits per heavy atom. The lowest BCUT2D eigenvalue weighted by atomic mass is 10.0. The first-order valence-electron chi connectivity index (χ1n) is 5.52. The Morgan fingerprint density at radius 3 is 2.38 bits per heavy atom. The van der Waals surface area contributed by atoms with E-state index in [1.807, 2.05) is 0 Å². The molecule has 0 aromatic carbocycles. The number of hydrogen-bond acceptors (Lipinski definition) is 2. The number of nitrogens with two attached hydrogens (primary N) is 1. The summed E-state index contributed by atoms with van der Waals surface area (Å²) in [6, 6.07) is 1.07. The number of nitrogens with zero attached hydrogens (tertiary/aromatic N) is 1. The van der Waals surface area contributed by atoms with E-state index in [-0.39, 0.29) is 0 Å². The van der Waals surface area contributed by atoms with Gasteiger partial charge in [0.25, 0.3) is 0 Å². The molecule has 1 rings (SSSR count). The van der Waals surface area contributed by atoms with Crippen molar-refractivity contribution in [2.75, 3.05) is 13.1 Å². The van der Waals surface area contributed by atoms with Crippen molar-refractivity contribution in [3.63, 3.8) is 0 Å². The van der Waals surface area contributed by atoms with Crippen LogP contribution in [-0.4, -0.2) is 30.1 Å². The Kier molecular flexibility index (Phi) is 3.74. The van der Waals surface area contributed by atoms with Crippen LogP contribution in [0, 0.1) is 11.8 Å². The molecule has 0 aromatic heterocycles. The molecule has 1 heterocycles. The summed E-state index contributed by atoms with van der Waals surface area (Å²) in [5.74, 6) is 1.45. The fourth-order valence-electron chi connectivity index (χ4n) is 1.91. The standard InChI is InChI=1S/C11H24N2/c1-8(2)11(12)7-13-6-5-9(3)10(13)4/h8-11H,5-7,12H2,1-4H3/t9?,10?,11-/m0/s1. The highest BCUT2D eigenvalue weighted by atomic mass is 15.2. The van der Waals surface area contributed by atoms with Gasteiger partial charge in [0.15, 0.2) is 0 Å². The fraction of sp³-hybridized carbons (Fsp3) is 1.00. The minimum absolute atomic E-state index is 0.341. The van der Waals surface area contributed by atoms with Gasteiger partial charge in [-0.2, -0.15) is 0 Å². The molecule has 0 bridgehead atoms. The summed E-state index contributed by atoms with van der Waals surface area (Å²) in [4.78, 5) is 2.54. The molecule has 1 fully saturated rings. The lowest BCUT2D eigenvalue weighted by Crippen LogP contribution is -2.42. The van der Waals surface area contributed by atoms with E-state index >= 15 is 0 Å². The summed E-state index contributed by atoms with van der Waals surface area (Å²) in [6.45, 7) is 11.4. The molecule has 3 atom stereocenters. The SMILES string of the molecule is CC1CCN(C[C@H](N)C(C)C)C1C. The van der Waals surface area contributed by atoms with Crippen molar-refractivity contribution < 1.29 is 0 Å². The van der Waals surface area contributed by atoms with Gasteiger partial charge in [-0.05, 0) is 31.7 Å². The molecule has 0 spiro atoms. The van der Waals surface area contributed by atoms with Gasteiger partial charge < -0.3 is 5.73 Å². The van der Waals surface area contributed by atoms with Crippen molar-refractivity contribution in [2.45, 2.75) is 46.2 Å². The zero-order chi connectivity index (χ0) is 10.0. The maximum Gasteiger partial charge on any atom is 0.0191 e. The van der Waals surface area contributed by atoms with E-state index < -0.39 is 0 Å². The fourth-order valence-corrected chi connectivity index (χ4v) is 1.91. The predicted octanol–water partition coefficient (Wildman–Crippen LogP) is 1.70. The zero-order valence-electron chi connectivity index (χ0n) is 9.46. The summed E-state index contributed by atoms with van der Waals surface area (Å²) >= 11 is 0. The van der Waals surface area contributed by atoms with Crippen molar-refractivity contribution in [2.24, 2.45) is 17.6 Å². The maximum absolute atomic E-state index is 6.06. The molecule has 78 valence electrons. The third kappa shape index (κ3) is 2.68. The Hall–Kier alpha value is -0.0800. The highest BCUT2D eigenvalue weighted by Crippen LogP contribution is 2.23. The highest BCUT2D eigenvalue weighted by Gasteiger charge is 2.28. The molecule has 0 aliphatic carbocycles. The Balaban J connectivity index is 2.37. The molecule has 1 aliphatic heterocycles. The first kappa shape index (κ1) is 11.0. The summed E-state index contributed by atoms with van der Waals surface area (Å²) in [6.07, 6.45) is 1.34. The van der Waals surface area contributed by atoms with Crippen molar-refractivity contribution in [3.05, 3.63) is 0 Å². The van der Waals surface area contributed by atoms with Gasteiger partial charge in [0, 0.05) is 18.6 Å². The number of hydrogen-bond donors (Lipinski definition) is 1. The third-order valence-corrected chi connectivity index (χ3v) is 3.57. The van der Waals surface area contributed by atoms with E-state index in [2.05, 4.69) is 32.6 Å². The Morgan fingerprint density at radius 2 is 2.00 bits per heavy atom. The molecule has 2 nitrogen and oxygen atoms in total. The Labute approximate surface area is 82.5 Å². The van der Waals surface area contributed by atoms with Gasteiger partial charge in [-0.1, -0.05) is 20.8 Å². The van der Waals surface area contributed by atoms with E-state index in [9.17, 15) is 0 Å². The molecule has 2 N–H and O–H groups in total. The van der Waals surface area contributed by atoms with Crippen molar-refractivity contribution in [1.29, 1.82) is 0 Å². The molecule has 13 heavy (non-hydrogen) atoms. The summed E-state index contributed by atoms with van der Waals surface area (Å²) in [5, 5.41) is 0. The van der Waals surface area contributed by atoms with Gasteiger partial charge in [-0.15, -0.1) is 0 Å². The smallest absolute Gasteiger partial charge is 0.0191 e. The molecule has 0 amide bonds. The van der Waals surface area contributed by atoms with Gasteiger partial charge in [0.05, 0.1) is 0 Å². The van der Waals surface area contributed by atoms with Crippen LogP contribution in [0.5, 0.6) is 0 Å². The maximum atomic E-state index is 6.06. The monoisotopic (exact) mass is 184 g/mol. The Bertz CT molecular complexity index is 156. The lowest BCUT2D eigenvalue weighted by molar-refractivity contribution is 0.217. The lowest BCUT2D eigenvalue weighted by Gasteiger charge is -2.27. The summed E-state index contributed by atoms with van der Waals surface area (Å²) in [5.41, 5.74) is 6.06. The second-order valence-electron chi connectivity index (χ2n) is 4.91. The van der Waals surface area contributed by atoms with Crippen molar-refractivity contribution in [3.8, 4) is 0 Å². The highest BCUT2D eigenvalue weighted by molar-refractivity contribution is 4.84. The van der Waals surface area contributed by atoms with Gasteiger partial charge in [-0.3, -0.25) is 4.90 Å². The summed E-state index contributed by atoms with van der Waals surface area (Å²) < 4.78 is 0. The molecular formula is C11H24N2. The second-order valence-corrected chi connectivity index (χ2v) is 4.91. The zero-order valence-corrected chi connectivity index (χ0v) is 9.46. The average molecular weight is 184 g/mol. The van der Waals surface area contributed by atoms with Crippen LogP contribution in [0.3, 0.4) is 0 Å². The molecule has 0 saturated carbocycles. The minimum atomic E-state index is 0.341. The van der Waals surface area contributed by atoms with E-state index in [1.165, 1.54) is 13.0 Å². The quantitative estimate of drug-likeness (QED) is 0.723. The summed E-state index contributed by atoms with van der Waals surface area (Å²) in [7, 11) is 0. The minimum Gasteiger partial charge on any atom is -0.326 e.